The second kappa shape index (κ2) is 10.2. The molecule has 35 heavy (non-hydrogen) atoms. The smallest absolute Gasteiger partial charge is 0.434 e. The molecule has 190 valence electrons. The number of carbonyl (C=O) groups is 3. The first-order valence-corrected chi connectivity index (χ1v) is 13.4. The lowest BCUT2D eigenvalue weighted by Gasteiger charge is -2.56. The number of ether oxygens (including phenoxy) is 2. The van der Waals surface area contributed by atoms with Crippen molar-refractivity contribution in [3.8, 4) is 5.75 Å². The molecule has 0 unspecified atom stereocenters. The highest BCUT2D eigenvalue weighted by atomic mass is 16.7. The highest BCUT2D eigenvalue weighted by Gasteiger charge is 2.51. The zero-order valence-electron chi connectivity index (χ0n) is 20.8. The Hall–Kier alpha value is -2.57. The van der Waals surface area contributed by atoms with E-state index in [0.29, 0.717) is 43.3 Å². The molecule has 1 N–H and O–H groups in total. The summed E-state index contributed by atoms with van der Waals surface area (Å²) in [5, 5.41) is 3.24. The molecular formula is C28H38N2O5. The summed E-state index contributed by atoms with van der Waals surface area (Å²) in [6, 6.07) is 6.56. The number of rotatable bonds is 7. The average Bonchev–Trinajstić information content (AvgIpc) is 2.82. The van der Waals surface area contributed by atoms with Crippen LogP contribution in [-0.4, -0.2) is 49.1 Å². The van der Waals surface area contributed by atoms with Gasteiger partial charge in [-0.1, -0.05) is 0 Å². The van der Waals surface area contributed by atoms with Crippen LogP contribution in [0.5, 0.6) is 5.75 Å². The van der Waals surface area contributed by atoms with Crippen molar-refractivity contribution in [2.75, 3.05) is 26.2 Å². The fourth-order valence-corrected chi connectivity index (χ4v) is 7.60. The van der Waals surface area contributed by atoms with Crippen molar-refractivity contribution in [2.24, 2.45) is 29.1 Å². The number of amides is 2. The monoisotopic (exact) mass is 482 g/mol. The number of piperidine rings is 1. The van der Waals surface area contributed by atoms with E-state index < -0.39 is 6.16 Å². The zero-order chi connectivity index (χ0) is 24.4. The standard InChI is InChI=1S/C28H38N2O5/c1-2-34-27(33)35-24-5-3-23(4-6-24)26(32)30-9-7-19(8-10-30)18-29-25(31)17-28-14-20-11-21(15-28)13-22(12-20)16-28/h3-6,19-22H,2,7-18H2,1H3,(H,29,31). The van der Waals surface area contributed by atoms with Gasteiger partial charge in [0.15, 0.2) is 0 Å². The van der Waals surface area contributed by atoms with Crippen LogP contribution in [0.25, 0.3) is 0 Å². The van der Waals surface area contributed by atoms with E-state index in [1.165, 1.54) is 38.5 Å². The Bertz CT molecular complexity index is 900. The van der Waals surface area contributed by atoms with E-state index in [9.17, 15) is 14.4 Å². The van der Waals surface area contributed by atoms with Crippen LogP contribution in [-0.2, 0) is 9.53 Å². The number of hydrogen-bond donors (Lipinski definition) is 1. The maximum Gasteiger partial charge on any atom is 0.513 e. The number of nitrogens with one attached hydrogen (secondary N) is 1. The lowest BCUT2D eigenvalue weighted by Crippen LogP contribution is -2.48. The fraction of sp³-hybridized carbons (Fsp3) is 0.679. The van der Waals surface area contributed by atoms with Crippen LogP contribution < -0.4 is 10.1 Å². The molecule has 6 rings (SSSR count). The maximum absolute atomic E-state index is 12.9. The number of nitrogens with zero attached hydrogens (tertiary/aromatic N) is 1. The van der Waals surface area contributed by atoms with Gasteiger partial charge in [-0.05, 0) is 112 Å². The summed E-state index contributed by atoms with van der Waals surface area (Å²) in [5.74, 6) is 3.60. The summed E-state index contributed by atoms with van der Waals surface area (Å²) in [7, 11) is 0. The third kappa shape index (κ3) is 5.65. The van der Waals surface area contributed by atoms with E-state index in [0.717, 1.165) is 30.6 Å². The highest BCUT2D eigenvalue weighted by molar-refractivity contribution is 5.94. The number of carbonyl (C=O) groups excluding carboxylic acids is 3. The number of hydrogen-bond acceptors (Lipinski definition) is 5. The van der Waals surface area contributed by atoms with E-state index in [-0.39, 0.29) is 23.8 Å². The van der Waals surface area contributed by atoms with Crippen LogP contribution in [0.1, 0.15) is 75.1 Å². The van der Waals surface area contributed by atoms with Crippen LogP contribution in [0, 0.1) is 29.1 Å². The van der Waals surface area contributed by atoms with Gasteiger partial charge in [-0.15, -0.1) is 0 Å². The predicted molar refractivity (Wildman–Crippen MR) is 131 cm³/mol. The predicted octanol–water partition coefficient (Wildman–Crippen LogP) is 4.80. The molecule has 0 aromatic heterocycles. The molecule has 0 spiro atoms. The van der Waals surface area contributed by atoms with Gasteiger partial charge in [0.1, 0.15) is 5.75 Å². The van der Waals surface area contributed by atoms with Crippen LogP contribution in [0.3, 0.4) is 0 Å². The third-order valence-corrected chi connectivity index (χ3v) is 8.75. The van der Waals surface area contributed by atoms with Crippen molar-refractivity contribution < 1.29 is 23.9 Å². The summed E-state index contributed by atoms with van der Waals surface area (Å²) < 4.78 is 9.81. The normalized spacial score (nSPS) is 29.6. The summed E-state index contributed by atoms with van der Waals surface area (Å²) in [6.07, 6.45) is 9.77. The van der Waals surface area contributed by atoms with Crippen molar-refractivity contribution in [3.05, 3.63) is 29.8 Å². The Kier molecular flexibility index (Phi) is 7.03. The molecule has 0 atom stereocenters. The topological polar surface area (TPSA) is 84.9 Å². The van der Waals surface area contributed by atoms with Gasteiger partial charge in [-0.3, -0.25) is 9.59 Å². The van der Waals surface area contributed by atoms with Crippen LogP contribution >= 0.6 is 0 Å². The van der Waals surface area contributed by atoms with Crippen molar-refractivity contribution in [1.82, 2.24) is 10.2 Å². The molecule has 1 heterocycles. The molecule has 1 aromatic carbocycles. The van der Waals surface area contributed by atoms with Crippen molar-refractivity contribution in [3.63, 3.8) is 0 Å². The Morgan fingerprint density at radius 2 is 1.57 bits per heavy atom. The van der Waals surface area contributed by atoms with Crippen molar-refractivity contribution >= 4 is 18.0 Å². The molecule has 1 aliphatic heterocycles. The SMILES string of the molecule is CCOC(=O)Oc1ccc(C(=O)N2CCC(CNC(=O)CC34CC5CC(CC(C5)C3)C4)CC2)cc1. The largest absolute Gasteiger partial charge is 0.513 e. The van der Waals surface area contributed by atoms with Gasteiger partial charge in [0.2, 0.25) is 5.91 Å². The Labute approximate surface area is 207 Å². The van der Waals surface area contributed by atoms with E-state index in [1.54, 1.807) is 31.2 Å². The molecule has 2 amide bonds. The lowest BCUT2D eigenvalue weighted by molar-refractivity contribution is -0.129. The van der Waals surface area contributed by atoms with Crippen LogP contribution in [0.4, 0.5) is 4.79 Å². The minimum atomic E-state index is -0.751. The van der Waals surface area contributed by atoms with Gasteiger partial charge in [-0.2, -0.15) is 0 Å². The minimum absolute atomic E-state index is 0.0167. The van der Waals surface area contributed by atoms with Gasteiger partial charge in [-0.25, -0.2) is 4.79 Å². The second-order valence-electron chi connectivity index (χ2n) is 11.4. The molecule has 1 saturated heterocycles. The summed E-state index contributed by atoms with van der Waals surface area (Å²) >= 11 is 0. The quantitative estimate of drug-likeness (QED) is 0.446. The first-order valence-electron chi connectivity index (χ1n) is 13.4. The Balaban J connectivity index is 1.04. The molecule has 7 nitrogen and oxygen atoms in total. The first kappa shape index (κ1) is 24.1. The van der Waals surface area contributed by atoms with Gasteiger partial charge >= 0.3 is 6.16 Å². The van der Waals surface area contributed by atoms with Crippen LogP contribution in [0.2, 0.25) is 0 Å². The molecule has 5 aliphatic rings. The van der Waals surface area contributed by atoms with Crippen molar-refractivity contribution in [2.45, 2.75) is 64.7 Å². The first-order chi connectivity index (χ1) is 16.9. The second-order valence-corrected chi connectivity index (χ2v) is 11.4. The maximum atomic E-state index is 12.9. The Morgan fingerprint density at radius 3 is 2.14 bits per heavy atom. The van der Waals surface area contributed by atoms with Crippen LogP contribution in [0.15, 0.2) is 24.3 Å². The van der Waals surface area contributed by atoms with Gasteiger partial charge < -0.3 is 19.7 Å². The molecule has 7 heteroatoms. The van der Waals surface area contributed by atoms with E-state index in [4.69, 9.17) is 9.47 Å². The van der Waals surface area contributed by atoms with Crippen molar-refractivity contribution in [1.29, 1.82) is 0 Å². The number of likely N-dealkylation sites (tertiary alicyclic amines) is 1. The fourth-order valence-electron chi connectivity index (χ4n) is 7.60. The van der Waals surface area contributed by atoms with E-state index >= 15 is 0 Å². The van der Waals surface area contributed by atoms with Gasteiger partial charge in [0.05, 0.1) is 6.61 Å². The summed E-state index contributed by atoms with van der Waals surface area (Å²) in [4.78, 5) is 39.0. The zero-order valence-corrected chi connectivity index (χ0v) is 20.8. The molecule has 4 aliphatic carbocycles. The Morgan fingerprint density at radius 1 is 0.971 bits per heavy atom. The molecular weight excluding hydrogens is 444 g/mol. The molecule has 0 radical (unpaired) electrons. The highest BCUT2D eigenvalue weighted by Crippen LogP contribution is 2.61. The van der Waals surface area contributed by atoms with E-state index in [1.807, 2.05) is 4.90 Å². The third-order valence-electron chi connectivity index (χ3n) is 8.75. The minimum Gasteiger partial charge on any atom is -0.434 e. The molecule has 1 aromatic rings. The number of benzene rings is 1. The summed E-state index contributed by atoms with van der Waals surface area (Å²) in [5.41, 5.74) is 0.856. The van der Waals surface area contributed by atoms with Gasteiger partial charge in [0.25, 0.3) is 5.91 Å². The molecule has 5 fully saturated rings. The average molecular weight is 483 g/mol. The summed E-state index contributed by atoms with van der Waals surface area (Å²) in [6.45, 7) is 4.05. The molecule has 4 saturated carbocycles. The lowest BCUT2D eigenvalue weighted by atomic mass is 9.49. The molecule has 4 bridgehead atoms. The van der Waals surface area contributed by atoms with Gasteiger partial charge in [0, 0.05) is 31.6 Å². The van der Waals surface area contributed by atoms with E-state index in [2.05, 4.69) is 5.32 Å².